The molecule has 1 amide bonds. The lowest BCUT2D eigenvalue weighted by Gasteiger charge is -2.33. The largest absolute Gasteiger partial charge is 0.493 e. The van der Waals surface area contributed by atoms with Crippen molar-refractivity contribution in [1.82, 2.24) is 19.2 Å². The van der Waals surface area contributed by atoms with Crippen LogP contribution in [0.25, 0.3) is 5.65 Å². The molecule has 1 fully saturated rings. The summed E-state index contributed by atoms with van der Waals surface area (Å²) in [4.78, 5) is 21.9. The maximum Gasteiger partial charge on any atom is 0.416 e. The van der Waals surface area contributed by atoms with Crippen LogP contribution in [0.4, 0.5) is 18.9 Å². The Balaban J connectivity index is 1.24. The van der Waals surface area contributed by atoms with Crippen LogP contribution in [0.3, 0.4) is 0 Å². The van der Waals surface area contributed by atoms with Gasteiger partial charge in [-0.15, -0.1) is 0 Å². The van der Waals surface area contributed by atoms with Crippen LogP contribution in [0.15, 0.2) is 60.9 Å². The van der Waals surface area contributed by atoms with Gasteiger partial charge in [0.25, 0.3) is 5.91 Å². The van der Waals surface area contributed by atoms with E-state index in [-0.39, 0.29) is 34.2 Å². The molecule has 2 aromatic carbocycles. The number of anilines is 1. The van der Waals surface area contributed by atoms with E-state index < -0.39 is 17.6 Å². The Bertz CT molecular complexity index is 1930. The molecule has 2 aromatic heterocycles. The Morgan fingerprint density at radius 2 is 1.67 bits per heavy atom. The van der Waals surface area contributed by atoms with Gasteiger partial charge >= 0.3 is 6.18 Å². The topological polar surface area (TPSA) is 97.4 Å². The smallest absolute Gasteiger partial charge is 0.416 e. The first-order chi connectivity index (χ1) is 24.5. The number of aromatic nitrogens is 2. The molecule has 5 rings (SSSR count). The average molecular weight is 719 g/mol. The van der Waals surface area contributed by atoms with Crippen molar-refractivity contribution >= 4 is 17.2 Å². The lowest BCUT2D eigenvalue weighted by molar-refractivity contribution is -0.138. The first-order valence-corrected chi connectivity index (χ1v) is 17.4. The van der Waals surface area contributed by atoms with Crippen LogP contribution in [0.5, 0.6) is 5.75 Å². The molecule has 0 spiro atoms. The average Bonchev–Trinajstić information content (AvgIpc) is 3.50. The molecule has 1 aliphatic rings. The Kier molecular flexibility index (Phi) is 12.0. The van der Waals surface area contributed by atoms with E-state index in [0.29, 0.717) is 62.1 Å². The number of hydrogen-bond acceptors (Lipinski definition) is 7. The standard InChI is InChI=1S/C40H49F3N6O3/c1-28-7-8-30(37(50)46-32-11-9-31(35(20-32)40(41,42)43)23-48-17-15-47(6)16-18-48)19-29(28)10-12-33-22-45-36-21-34(13-14-49(33)36)52-27-39(4,5)26-51-25-38(2,3)24-44/h7-9,11,13-14,19-22H,15-18,23-27,44H2,1-6H3,(H,46,50). The Morgan fingerprint density at radius 3 is 2.38 bits per heavy atom. The molecule has 12 heteroatoms. The highest BCUT2D eigenvalue weighted by Gasteiger charge is 2.34. The van der Waals surface area contributed by atoms with Crippen LogP contribution in [-0.4, -0.2) is 84.7 Å². The summed E-state index contributed by atoms with van der Waals surface area (Å²) < 4.78 is 56.2. The van der Waals surface area contributed by atoms with Crippen molar-refractivity contribution in [3.05, 3.63) is 94.4 Å². The third-order valence-electron chi connectivity index (χ3n) is 9.14. The second kappa shape index (κ2) is 16.1. The third-order valence-corrected chi connectivity index (χ3v) is 9.14. The van der Waals surface area contributed by atoms with Crippen LogP contribution in [-0.2, 0) is 17.5 Å². The number of alkyl halides is 3. The molecular weight excluding hydrogens is 669 g/mol. The van der Waals surface area contributed by atoms with E-state index in [0.717, 1.165) is 24.7 Å². The van der Waals surface area contributed by atoms with Gasteiger partial charge in [0.05, 0.1) is 31.6 Å². The second-order valence-corrected chi connectivity index (χ2v) is 15.2. The number of benzene rings is 2. The Morgan fingerprint density at radius 1 is 0.942 bits per heavy atom. The van der Waals surface area contributed by atoms with Gasteiger partial charge in [-0.3, -0.25) is 14.1 Å². The predicted molar refractivity (Wildman–Crippen MR) is 197 cm³/mol. The van der Waals surface area contributed by atoms with E-state index >= 15 is 0 Å². The van der Waals surface area contributed by atoms with E-state index in [1.54, 1.807) is 24.4 Å². The third kappa shape index (κ3) is 10.3. The van der Waals surface area contributed by atoms with E-state index in [9.17, 15) is 18.0 Å². The fourth-order valence-electron chi connectivity index (χ4n) is 5.66. The van der Waals surface area contributed by atoms with Gasteiger partial charge in [0.15, 0.2) is 0 Å². The first-order valence-electron chi connectivity index (χ1n) is 17.4. The van der Waals surface area contributed by atoms with E-state index in [1.165, 1.54) is 12.1 Å². The molecule has 1 saturated heterocycles. The maximum absolute atomic E-state index is 14.1. The van der Waals surface area contributed by atoms with Crippen molar-refractivity contribution in [2.45, 2.75) is 47.3 Å². The van der Waals surface area contributed by atoms with Gasteiger partial charge in [-0.2, -0.15) is 13.2 Å². The number of hydrogen-bond donors (Lipinski definition) is 2. The highest BCUT2D eigenvalue weighted by Crippen LogP contribution is 2.35. The summed E-state index contributed by atoms with van der Waals surface area (Å²) in [5.74, 6) is 6.43. The number of pyridine rings is 1. The summed E-state index contributed by atoms with van der Waals surface area (Å²) in [7, 11) is 2.00. The summed E-state index contributed by atoms with van der Waals surface area (Å²) in [6.45, 7) is 15.5. The number of fused-ring (bicyclic) bond motifs is 1. The van der Waals surface area contributed by atoms with Gasteiger partial charge in [0.1, 0.15) is 17.1 Å². The zero-order valence-electron chi connectivity index (χ0n) is 30.9. The normalized spacial score (nSPS) is 14.7. The second-order valence-electron chi connectivity index (χ2n) is 15.2. The fraction of sp³-hybridized carbons (Fsp3) is 0.450. The number of nitrogens with one attached hydrogen (secondary N) is 1. The van der Waals surface area contributed by atoms with Gasteiger partial charge in [0.2, 0.25) is 0 Å². The number of aryl methyl sites for hydroxylation is 1. The summed E-state index contributed by atoms with van der Waals surface area (Å²) in [6, 6.07) is 12.7. The van der Waals surface area contributed by atoms with Crippen molar-refractivity contribution in [2.24, 2.45) is 16.6 Å². The van der Waals surface area contributed by atoms with Crippen LogP contribution in [0.2, 0.25) is 0 Å². The van der Waals surface area contributed by atoms with Gasteiger partial charge < -0.3 is 25.4 Å². The molecule has 0 atom stereocenters. The van der Waals surface area contributed by atoms with Crippen LogP contribution in [0, 0.1) is 29.6 Å². The van der Waals surface area contributed by atoms with Crippen molar-refractivity contribution in [1.29, 1.82) is 0 Å². The summed E-state index contributed by atoms with van der Waals surface area (Å²) in [5.41, 5.74) is 8.07. The number of ether oxygens (including phenoxy) is 2. The molecule has 0 saturated carbocycles. The molecule has 0 bridgehead atoms. The van der Waals surface area contributed by atoms with Crippen LogP contribution < -0.4 is 15.8 Å². The van der Waals surface area contributed by atoms with Gasteiger partial charge in [0, 0.05) is 72.6 Å². The SMILES string of the molecule is Cc1ccc(C(=O)Nc2ccc(CN3CCN(C)CC3)c(C(F)(F)F)c2)cc1C#Cc1cnc2cc(OCC(C)(C)COCC(C)(C)CN)ccn12. The number of nitrogens with two attached hydrogens (primary N) is 1. The van der Waals surface area contributed by atoms with Gasteiger partial charge in [-0.25, -0.2) is 4.98 Å². The molecule has 0 unspecified atom stereocenters. The summed E-state index contributed by atoms with van der Waals surface area (Å²) >= 11 is 0. The number of carbonyl (C=O) groups excluding carboxylic acids is 1. The first kappa shape index (κ1) is 38.8. The molecule has 3 N–H and O–H groups in total. The molecular formula is C40H49F3N6O3. The molecule has 1 aliphatic heterocycles. The van der Waals surface area contributed by atoms with Crippen LogP contribution in [0.1, 0.15) is 66.0 Å². The number of carbonyl (C=O) groups is 1. The minimum Gasteiger partial charge on any atom is -0.493 e. The number of likely N-dealkylation sites (N-methyl/N-ethyl adjacent to an activating group) is 1. The van der Waals surface area contributed by atoms with E-state index in [1.807, 2.05) is 41.6 Å². The van der Waals surface area contributed by atoms with E-state index in [4.69, 9.17) is 15.2 Å². The molecule has 9 nitrogen and oxygen atoms in total. The van der Waals surface area contributed by atoms with Crippen molar-refractivity contribution in [2.75, 3.05) is 64.9 Å². The zero-order chi connectivity index (χ0) is 37.7. The Hall–Kier alpha value is -4.41. The Labute approximate surface area is 304 Å². The van der Waals surface area contributed by atoms with E-state index in [2.05, 4.69) is 54.7 Å². The number of amides is 1. The fourth-order valence-corrected chi connectivity index (χ4v) is 5.66. The van der Waals surface area contributed by atoms with Crippen molar-refractivity contribution < 1.29 is 27.4 Å². The highest BCUT2D eigenvalue weighted by atomic mass is 19.4. The molecule has 4 aromatic rings. The van der Waals surface area contributed by atoms with Crippen molar-refractivity contribution in [3.63, 3.8) is 0 Å². The minimum absolute atomic E-state index is 0.0743. The van der Waals surface area contributed by atoms with Gasteiger partial charge in [-0.05, 0) is 67.9 Å². The molecule has 52 heavy (non-hydrogen) atoms. The number of rotatable bonds is 12. The zero-order valence-corrected chi connectivity index (χ0v) is 30.9. The molecule has 278 valence electrons. The minimum atomic E-state index is -4.56. The molecule has 3 heterocycles. The van der Waals surface area contributed by atoms with Gasteiger partial charge in [-0.1, -0.05) is 45.7 Å². The maximum atomic E-state index is 14.1. The molecule has 0 radical (unpaired) electrons. The number of nitrogens with zero attached hydrogens (tertiary/aromatic N) is 4. The number of imidazole rings is 1. The number of halogens is 3. The summed E-state index contributed by atoms with van der Waals surface area (Å²) in [6.07, 6.45) is -1.05. The number of piperazine rings is 1. The van der Waals surface area contributed by atoms with Crippen molar-refractivity contribution in [3.8, 4) is 17.6 Å². The lowest BCUT2D eigenvalue weighted by atomic mass is 9.94. The summed E-state index contributed by atoms with van der Waals surface area (Å²) in [5, 5.41) is 2.65. The highest BCUT2D eigenvalue weighted by molar-refractivity contribution is 6.04. The predicted octanol–water partition coefficient (Wildman–Crippen LogP) is 6.47. The van der Waals surface area contributed by atoms with Crippen LogP contribution >= 0.6 is 0 Å². The quantitative estimate of drug-likeness (QED) is 0.162. The molecule has 0 aliphatic carbocycles. The lowest BCUT2D eigenvalue weighted by Crippen LogP contribution is -2.44. The monoisotopic (exact) mass is 718 g/mol.